The highest BCUT2D eigenvalue weighted by Gasteiger charge is 2.16. The van der Waals surface area contributed by atoms with Crippen LogP contribution in [0.1, 0.15) is 53.2 Å². The molecule has 172 valence electrons. The van der Waals surface area contributed by atoms with Gasteiger partial charge in [0.25, 0.3) is 5.91 Å². The Hall–Kier alpha value is -3.26. The number of likely N-dealkylation sites (tertiary alicyclic amines) is 1. The number of fused-ring (bicyclic) bond motifs is 2. The van der Waals surface area contributed by atoms with Crippen molar-refractivity contribution in [2.45, 2.75) is 46.6 Å². The molecule has 8 heteroatoms. The largest absolute Gasteiger partial charge is 0.351 e. The average molecular weight is 446 g/mol. The summed E-state index contributed by atoms with van der Waals surface area (Å²) in [5, 5.41) is 4.07. The number of aromatic amines is 1. The summed E-state index contributed by atoms with van der Waals surface area (Å²) in [5.74, 6) is 1.70. The maximum absolute atomic E-state index is 12.6. The van der Waals surface area contributed by atoms with Crippen LogP contribution in [-0.2, 0) is 13.0 Å². The first kappa shape index (κ1) is 21.6. The van der Waals surface area contributed by atoms with Crippen LogP contribution in [0.5, 0.6) is 0 Å². The summed E-state index contributed by atoms with van der Waals surface area (Å²) in [6.07, 6.45) is 3.35. The summed E-state index contributed by atoms with van der Waals surface area (Å²) >= 11 is 0. The Kier molecular flexibility index (Phi) is 5.85. The zero-order valence-corrected chi connectivity index (χ0v) is 19.6. The highest BCUT2D eigenvalue weighted by molar-refractivity contribution is 5.98. The Bertz CT molecular complexity index is 1310. The highest BCUT2D eigenvalue weighted by atomic mass is 16.1. The van der Waals surface area contributed by atoms with E-state index < -0.39 is 0 Å². The Balaban J connectivity index is 1.35. The number of rotatable bonds is 7. The Morgan fingerprint density at radius 3 is 2.73 bits per heavy atom. The van der Waals surface area contributed by atoms with Gasteiger partial charge in [-0.15, -0.1) is 0 Å². The van der Waals surface area contributed by atoms with Crippen molar-refractivity contribution < 1.29 is 4.79 Å². The molecule has 8 nitrogen and oxygen atoms in total. The smallest absolute Gasteiger partial charge is 0.267 e. The number of aryl methyl sites for hydroxylation is 3. The first-order chi connectivity index (χ1) is 16.0. The van der Waals surface area contributed by atoms with Crippen LogP contribution in [0.2, 0.25) is 0 Å². The second-order valence-electron chi connectivity index (χ2n) is 8.91. The predicted molar refractivity (Wildman–Crippen MR) is 130 cm³/mol. The van der Waals surface area contributed by atoms with Crippen molar-refractivity contribution in [1.82, 2.24) is 34.7 Å². The minimum atomic E-state index is -0.0523. The van der Waals surface area contributed by atoms with E-state index in [-0.39, 0.29) is 5.91 Å². The average Bonchev–Trinajstić information content (AvgIpc) is 3.53. The summed E-state index contributed by atoms with van der Waals surface area (Å²) in [6, 6.07) is 8.22. The minimum absolute atomic E-state index is 0.0523. The van der Waals surface area contributed by atoms with Crippen molar-refractivity contribution in [2.75, 3.05) is 26.2 Å². The van der Waals surface area contributed by atoms with E-state index in [0.717, 1.165) is 71.0 Å². The van der Waals surface area contributed by atoms with Crippen molar-refractivity contribution in [3.63, 3.8) is 0 Å². The zero-order chi connectivity index (χ0) is 22.9. The van der Waals surface area contributed by atoms with Crippen molar-refractivity contribution in [2.24, 2.45) is 0 Å². The summed E-state index contributed by atoms with van der Waals surface area (Å²) in [4.78, 5) is 32.2. The SMILES string of the molecule is CCc1nc2c(C)nc(C)nc2n1Cc1ccc2[nH]c(C(=O)NCCN3CCCC3)cc2c1. The second kappa shape index (κ2) is 8.94. The molecule has 0 atom stereocenters. The van der Waals surface area contributed by atoms with Gasteiger partial charge < -0.3 is 19.8 Å². The van der Waals surface area contributed by atoms with Crippen molar-refractivity contribution in [3.05, 3.63) is 52.9 Å². The molecule has 1 aliphatic rings. The molecule has 0 saturated carbocycles. The fraction of sp³-hybridized carbons (Fsp3) is 0.440. The minimum Gasteiger partial charge on any atom is -0.351 e. The van der Waals surface area contributed by atoms with Crippen LogP contribution in [0, 0.1) is 13.8 Å². The van der Waals surface area contributed by atoms with Gasteiger partial charge in [-0.1, -0.05) is 13.0 Å². The third-order valence-corrected chi connectivity index (χ3v) is 6.46. The molecule has 0 bridgehead atoms. The first-order valence-corrected chi connectivity index (χ1v) is 11.8. The molecule has 1 aliphatic heterocycles. The summed E-state index contributed by atoms with van der Waals surface area (Å²) in [6.45, 7) is 10.6. The highest BCUT2D eigenvalue weighted by Crippen LogP contribution is 2.22. The number of hydrogen-bond acceptors (Lipinski definition) is 5. The molecule has 1 saturated heterocycles. The van der Waals surface area contributed by atoms with Gasteiger partial charge in [0.2, 0.25) is 0 Å². The number of H-pyrrole nitrogens is 1. The fourth-order valence-electron chi connectivity index (χ4n) is 4.77. The number of imidazole rings is 1. The zero-order valence-electron chi connectivity index (χ0n) is 19.6. The van der Waals surface area contributed by atoms with Crippen molar-refractivity contribution >= 4 is 28.0 Å². The molecule has 5 rings (SSSR count). The summed E-state index contributed by atoms with van der Waals surface area (Å²) in [7, 11) is 0. The lowest BCUT2D eigenvalue weighted by Crippen LogP contribution is -2.33. The molecule has 2 N–H and O–H groups in total. The molecule has 3 aromatic heterocycles. The van der Waals surface area contributed by atoms with E-state index in [2.05, 4.69) is 48.8 Å². The number of aromatic nitrogens is 5. The normalized spacial score (nSPS) is 14.5. The van der Waals surface area contributed by atoms with Crippen LogP contribution in [0.3, 0.4) is 0 Å². The van der Waals surface area contributed by atoms with Gasteiger partial charge in [-0.3, -0.25) is 4.79 Å². The van der Waals surface area contributed by atoms with Crippen LogP contribution in [0.25, 0.3) is 22.1 Å². The number of amides is 1. The summed E-state index contributed by atoms with van der Waals surface area (Å²) in [5.41, 5.74) is 5.36. The van der Waals surface area contributed by atoms with Crippen molar-refractivity contribution in [1.29, 1.82) is 0 Å². The lowest BCUT2D eigenvalue weighted by atomic mass is 10.1. The Morgan fingerprint density at radius 2 is 1.94 bits per heavy atom. The molecule has 0 radical (unpaired) electrons. The number of nitrogens with zero attached hydrogens (tertiary/aromatic N) is 5. The van der Waals surface area contributed by atoms with Gasteiger partial charge >= 0.3 is 0 Å². The second-order valence-corrected chi connectivity index (χ2v) is 8.91. The van der Waals surface area contributed by atoms with E-state index in [1.807, 2.05) is 26.0 Å². The van der Waals surface area contributed by atoms with Gasteiger partial charge in [0.1, 0.15) is 22.9 Å². The number of carbonyl (C=O) groups is 1. The van der Waals surface area contributed by atoms with Gasteiger partial charge in [0.15, 0.2) is 5.65 Å². The first-order valence-electron chi connectivity index (χ1n) is 11.8. The standard InChI is InChI=1S/C25H31N7O/c1-4-22-30-23-16(2)27-17(3)28-24(23)32(22)15-18-7-8-20-19(13-18)14-21(29-20)25(33)26-9-12-31-10-5-6-11-31/h7-8,13-14,29H,4-6,9-12,15H2,1-3H3,(H,26,33). The summed E-state index contributed by atoms with van der Waals surface area (Å²) < 4.78 is 2.18. The third-order valence-electron chi connectivity index (χ3n) is 6.46. The van der Waals surface area contributed by atoms with Crippen molar-refractivity contribution in [3.8, 4) is 0 Å². The lowest BCUT2D eigenvalue weighted by Gasteiger charge is -2.14. The molecule has 33 heavy (non-hydrogen) atoms. The lowest BCUT2D eigenvalue weighted by molar-refractivity contribution is 0.0945. The van der Waals surface area contributed by atoms with E-state index in [1.165, 1.54) is 12.8 Å². The van der Waals surface area contributed by atoms with Crippen LogP contribution in [0.4, 0.5) is 0 Å². The Morgan fingerprint density at radius 1 is 1.12 bits per heavy atom. The van der Waals surface area contributed by atoms with Gasteiger partial charge in [-0.25, -0.2) is 15.0 Å². The number of nitrogens with one attached hydrogen (secondary N) is 2. The molecule has 4 heterocycles. The third kappa shape index (κ3) is 4.35. The van der Waals surface area contributed by atoms with Gasteiger partial charge in [0.05, 0.1) is 12.2 Å². The Labute approximate surface area is 193 Å². The molecule has 1 aromatic carbocycles. The molecular formula is C25H31N7O. The quantitative estimate of drug-likeness (QED) is 0.455. The monoisotopic (exact) mass is 445 g/mol. The van der Waals surface area contributed by atoms with Crippen LogP contribution >= 0.6 is 0 Å². The molecule has 0 unspecified atom stereocenters. The van der Waals surface area contributed by atoms with E-state index in [4.69, 9.17) is 4.98 Å². The maximum atomic E-state index is 12.6. The van der Waals surface area contributed by atoms with Gasteiger partial charge in [-0.05, 0) is 63.5 Å². The van der Waals surface area contributed by atoms with E-state index >= 15 is 0 Å². The molecule has 1 amide bonds. The van der Waals surface area contributed by atoms with E-state index in [0.29, 0.717) is 18.8 Å². The molecular weight excluding hydrogens is 414 g/mol. The fourth-order valence-corrected chi connectivity index (χ4v) is 4.77. The molecule has 0 aliphatic carbocycles. The topological polar surface area (TPSA) is 91.7 Å². The van der Waals surface area contributed by atoms with Gasteiger partial charge in [-0.2, -0.15) is 0 Å². The molecule has 4 aromatic rings. The van der Waals surface area contributed by atoms with Gasteiger partial charge in [0, 0.05) is 30.4 Å². The predicted octanol–water partition coefficient (Wildman–Crippen LogP) is 3.36. The number of hydrogen-bond donors (Lipinski definition) is 2. The maximum Gasteiger partial charge on any atom is 0.267 e. The molecule has 1 fully saturated rings. The number of carbonyl (C=O) groups excluding carboxylic acids is 1. The van der Waals surface area contributed by atoms with Crippen LogP contribution < -0.4 is 5.32 Å². The van der Waals surface area contributed by atoms with Crippen LogP contribution in [0.15, 0.2) is 24.3 Å². The van der Waals surface area contributed by atoms with E-state index in [1.54, 1.807) is 0 Å². The van der Waals surface area contributed by atoms with E-state index in [9.17, 15) is 4.79 Å². The molecule has 0 spiro atoms. The van der Waals surface area contributed by atoms with Crippen LogP contribution in [-0.4, -0.2) is 61.5 Å². The number of benzene rings is 1.